The summed E-state index contributed by atoms with van der Waals surface area (Å²) in [6.45, 7) is 6.28. The zero-order chi connectivity index (χ0) is 19.4. The van der Waals surface area contributed by atoms with Gasteiger partial charge in [-0.2, -0.15) is 5.10 Å². The van der Waals surface area contributed by atoms with Crippen molar-refractivity contribution in [1.29, 1.82) is 0 Å². The first kappa shape index (κ1) is 17.1. The van der Waals surface area contributed by atoms with Gasteiger partial charge in [-0.15, -0.1) is 0 Å². The van der Waals surface area contributed by atoms with Crippen molar-refractivity contribution in [3.8, 4) is 22.8 Å². The lowest BCUT2D eigenvalue weighted by molar-refractivity contribution is 0.168. The first-order valence-electron chi connectivity index (χ1n) is 9.62. The number of hydrogen-bond acceptors (Lipinski definition) is 4. The highest BCUT2D eigenvalue weighted by molar-refractivity contribution is 5.83. The molecule has 0 fully saturated rings. The summed E-state index contributed by atoms with van der Waals surface area (Å²) < 4.78 is 25.7. The molecule has 3 aromatic rings. The fourth-order valence-electron chi connectivity index (χ4n) is 4.26. The van der Waals surface area contributed by atoms with E-state index in [0.29, 0.717) is 11.5 Å². The molecule has 144 valence electrons. The number of aromatic amines is 1. The standard InChI is InChI=1S/C22H22FN3O2/c1-11-7-12(2)28-19-10-17-16(9-18(19)27-11)13(3)20-21(17)25-26-22(20)24-15-6-4-5-14(23)8-15/h4-6,8-13H,7H2,1-3H3,(H2,24,25,26). The van der Waals surface area contributed by atoms with Crippen molar-refractivity contribution in [2.45, 2.75) is 45.3 Å². The molecule has 2 aromatic carbocycles. The monoisotopic (exact) mass is 379 g/mol. The van der Waals surface area contributed by atoms with Crippen molar-refractivity contribution >= 4 is 11.5 Å². The van der Waals surface area contributed by atoms with Gasteiger partial charge < -0.3 is 14.8 Å². The largest absolute Gasteiger partial charge is 0.487 e. The van der Waals surface area contributed by atoms with Crippen LogP contribution < -0.4 is 14.8 Å². The molecule has 0 bridgehead atoms. The number of fused-ring (bicyclic) bond motifs is 4. The number of anilines is 2. The van der Waals surface area contributed by atoms with E-state index >= 15 is 0 Å². The Bertz CT molecular complexity index is 1060. The quantitative estimate of drug-likeness (QED) is 0.629. The van der Waals surface area contributed by atoms with Crippen molar-refractivity contribution in [3.63, 3.8) is 0 Å². The van der Waals surface area contributed by atoms with E-state index in [1.165, 1.54) is 17.7 Å². The molecule has 0 spiro atoms. The summed E-state index contributed by atoms with van der Waals surface area (Å²) in [4.78, 5) is 0. The minimum absolute atomic E-state index is 0.0968. The smallest absolute Gasteiger partial charge is 0.162 e. The summed E-state index contributed by atoms with van der Waals surface area (Å²) >= 11 is 0. The second-order valence-corrected chi connectivity index (χ2v) is 7.70. The van der Waals surface area contributed by atoms with E-state index in [0.717, 1.165) is 34.7 Å². The van der Waals surface area contributed by atoms with Crippen LogP contribution >= 0.6 is 0 Å². The fraction of sp³-hybridized carbons (Fsp3) is 0.318. The van der Waals surface area contributed by atoms with E-state index in [4.69, 9.17) is 9.47 Å². The molecule has 3 unspecified atom stereocenters. The van der Waals surface area contributed by atoms with Crippen LogP contribution in [-0.2, 0) is 0 Å². The van der Waals surface area contributed by atoms with E-state index in [1.807, 2.05) is 12.1 Å². The van der Waals surface area contributed by atoms with Gasteiger partial charge in [-0.1, -0.05) is 13.0 Å². The third kappa shape index (κ3) is 2.71. The van der Waals surface area contributed by atoms with Gasteiger partial charge in [0, 0.05) is 29.2 Å². The van der Waals surface area contributed by atoms with Gasteiger partial charge in [0.1, 0.15) is 5.82 Å². The molecule has 3 atom stereocenters. The highest BCUT2D eigenvalue weighted by atomic mass is 19.1. The van der Waals surface area contributed by atoms with E-state index in [2.05, 4.69) is 42.4 Å². The fourth-order valence-corrected chi connectivity index (χ4v) is 4.26. The Kier molecular flexibility index (Phi) is 3.82. The first-order valence-corrected chi connectivity index (χ1v) is 9.62. The van der Waals surface area contributed by atoms with Gasteiger partial charge in [-0.05, 0) is 49.7 Å². The Balaban J connectivity index is 1.55. The SMILES string of the molecule is CC1CC(C)Oc2cc3c(cc2O1)-c1[nH]nc(Nc2cccc(F)c2)c1C3C. The van der Waals surface area contributed by atoms with Gasteiger partial charge in [0.25, 0.3) is 0 Å². The highest BCUT2D eigenvalue weighted by Gasteiger charge is 2.34. The van der Waals surface area contributed by atoms with E-state index in [1.54, 1.807) is 6.07 Å². The van der Waals surface area contributed by atoms with E-state index in [9.17, 15) is 4.39 Å². The molecule has 0 radical (unpaired) electrons. The highest BCUT2D eigenvalue weighted by Crippen LogP contribution is 2.51. The average molecular weight is 379 g/mol. The molecule has 1 aliphatic heterocycles. The third-order valence-electron chi connectivity index (χ3n) is 5.50. The molecule has 2 heterocycles. The lowest BCUT2D eigenvalue weighted by atomic mass is 9.99. The molecule has 0 saturated heterocycles. The number of hydrogen-bond donors (Lipinski definition) is 2. The van der Waals surface area contributed by atoms with Crippen molar-refractivity contribution in [3.05, 3.63) is 53.3 Å². The van der Waals surface area contributed by atoms with Crippen molar-refractivity contribution in [2.24, 2.45) is 0 Å². The lowest BCUT2D eigenvalue weighted by Crippen LogP contribution is -2.18. The van der Waals surface area contributed by atoms with Gasteiger partial charge in [-0.25, -0.2) is 4.39 Å². The average Bonchev–Trinajstić information content (AvgIpc) is 3.10. The Morgan fingerprint density at radius 1 is 1.07 bits per heavy atom. The molecule has 5 rings (SSSR count). The molecule has 1 aromatic heterocycles. The van der Waals surface area contributed by atoms with Crippen LogP contribution in [0.2, 0.25) is 0 Å². The maximum Gasteiger partial charge on any atom is 0.162 e. The van der Waals surface area contributed by atoms with Gasteiger partial charge in [0.2, 0.25) is 0 Å². The summed E-state index contributed by atoms with van der Waals surface area (Å²) in [5.74, 6) is 2.12. The molecule has 1 aliphatic carbocycles. The predicted octanol–water partition coefficient (Wildman–Crippen LogP) is 5.36. The number of nitrogens with one attached hydrogen (secondary N) is 2. The van der Waals surface area contributed by atoms with Crippen molar-refractivity contribution in [1.82, 2.24) is 10.2 Å². The van der Waals surface area contributed by atoms with Crippen LogP contribution in [0.4, 0.5) is 15.9 Å². The predicted molar refractivity (Wildman–Crippen MR) is 106 cm³/mol. The molecule has 5 nitrogen and oxygen atoms in total. The molecular formula is C22H22FN3O2. The molecule has 0 amide bonds. The second-order valence-electron chi connectivity index (χ2n) is 7.70. The van der Waals surface area contributed by atoms with Gasteiger partial charge in [-0.3, -0.25) is 5.10 Å². The molecule has 0 saturated carbocycles. The molecule has 2 N–H and O–H groups in total. The summed E-state index contributed by atoms with van der Waals surface area (Å²) in [5, 5.41) is 10.8. The van der Waals surface area contributed by atoms with E-state index in [-0.39, 0.29) is 23.9 Å². The van der Waals surface area contributed by atoms with Crippen molar-refractivity contribution < 1.29 is 13.9 Å². The Morgan fingerprint density at radius 2 is 1.82 bits per heavy atom. The topological polar surface area (TPSA) is 59.2 Å². The number of ether oxygens (including phenoxy) is 2. The van der Waals surface area contributed by atoms with Crippen LogP contribution in [0.3, 0.4) is 0 Å². The summed E-state index contributed by atoms with van der Waals surface area (Å²) in [5.41, 5.74) is 4.96. The number of rotatable bonds is 2. The Morgan fingerprint density at radius 3 is 2.57 bits per heavy atom. The molecule has 6 heteroatoms. The van der Waals surface area contributed by atoms with Crippen LogP contribution in [0, 0.1) is 5.82 Å². The van der Waals surface area contributed by atoms with Gasteiger partial charge in [0.05, 0.1) is 17.9 Å². The van der Waals surface area contributed by atoms with Crippen LogP contribution in [0.15, 0.2) is 36.4 Å². The minimum atomic E-state index is -0.283. The summed E-state index contributed by atoms with van der Waals surface area (Å²) in [6.07, 6.45) is 1.06. The number of H-pyrrole nitrogens is 1. The van der Waals surface area contributed by atoms with Gasteiger partial charge >= 0.3 is 0 Å². The van der Waals surface area contributed by atoms with Crippen molar-refractivity contribution in [2.75, 3.05) is 5.32 Å². The maximum absolute atomic E-state index is 13.5. The Hall–Kier alpha value is -3.02. The second kappa shape index (κ2) is 6.26. The van der Waals surface area contributed by atoms with Gasteiger partial charge in [0.15, 0.2) is 17.3 Å². The van der Waals surface area contributed by atoms with Crippen LogP contribution in [-0.4, -0.2) is 22.4 Å². The zero-order valence-electron chi connectivity index (χ0n) is 16.0. The van der Waals surface area contributed by atoms with Crippen LogP contribution in [0.25, 0.3) is 11.3 Å². The Labute approximate surface area is 162 Å². The molecular weight excluding hydrogens is 357 g/mol. The normalized spacial score (nSPS) is 22.4. The minimum Gasteiger partial charge on any atom is -0.487 e. The lowest BCUT2D eigenvalue weighted by Gasteiger charge is -2.15. The van der Waals surface area contributed by atoms with Crippen LogP contribution in [0.5, 0.6) is 11.5 Å². The first-order chi connectivity index (χ1) is 13.5. The summed E-state index contributed by atoms with van der Waals surface area (Å²) in [7, 11) is 0. The third-order valence-corrected chi connectivity index (χ3v) is 5.50. The molecule has 2 aliphatic rings. The summed E-state index contributed by atoms with van der Waals surface area (Å²) in [6, 6.07) is 10.5. The number of aromatic nitrogens is 2. The number of halogens is 1. The van der Waals surface area contributed by atoms with E-state index < -0.39 is 0 Å². The number of nitrogens with zero attached hydrogens (tertiary/aromatic N) is 1. The maximum atomic E-state index is 13.5. The molecule has 28 heavy (non-hydrogen) atoms. The number of benzene rings is 2. The van der Waals surface area contributed by atoms with Crippen LogP contribution in [0.1, 0.15) is 44.2 Å². The zero-order valence-corrected chi connectivity index (χ0v) is 16.0.